The van der Waals surface area contributed by atoms with Crippen molar-refractivity contribution >= 4 is 28.6 Å². The van der Waals surface area contributed by atoms with E-state index in [1.54, 1.807) is 30.9 Å². The van der Waals surface area contributed by atoms with Gasteiger partial charge >= 0.3 is 5.97 Å². The van der Waals surface area contributed by atoms with Crippen molar-refractivity contribution in [3.05, 3.63) is 60.2 Å². The molecule has 3 aromatic rings. The molecule has 0 aliphatic carbocycles. The van der Waals surface area contributed by atoms with Gasteiger partial charge in [-0.2, -0.15) is 0 Å². The minimum Gasteiger partial charge on any atom is -0.462 e. The molecular formula is C22H22FN3O3. The van der Waals surface area contributed by atoms with Crippen molar-refractivity contribution < 1.29 is 18.7 Å². The van der Waals surface area contributed by atoms with Gasteiger partial charge in [0.25, 0.3) is 0 Å². The molecule has 1 aliphatic heterocycles. The summed E-state index contributed by atoms with van der Waals surface area (Å²) < 4.78 is 20.4. The molecule has 29 heavy (non-hydrogen) atoms. The van der Waals surface area contributed by atoms with E-state index < -0.39 is 0 Å². The largest absolute Gasteiger partial charge is 0.462 e. The van der Waals surface area contributed by atoms with Crippen LogP contribution >= 0.6 is 0 Å². The summed E-state index contributed by atoms with van der Waals surface area (Å²) in [4.78, 5) is 31.3. The molecule has 0 radical (unpaired) electrons. The number of amides is 1. The van der Waals surface area contributed by atoms with Crippen molar-refractivity contribution in [2.75, 3.05) is 11.4 Å². The number of imidazole rings is 1. The highest BCUT2D eigenvalue weighted by Gasteiger charge is 2.35. The first-order chi connectivity index (χ1) is 13.9. The Morgan fingerprint density at radius 1 is 1.21 bits per heavy atom. The van der Waals surface area contributed by atoms with Gasteiger partial charge in [-0.25, -0.2) is 9.37 Å². The van der Waals surface area contributed by atoms with E-state index >= 15 is 0 Å². The van der Waals surface area contributed by atoms with Crippen LogP contribution in [-0.2, 0) is 20.9 Å². The number of halogens is 1. The monoisotopic (exact) mass is 395 g/mol. The molecule has 0 bridgehead atoms. The van der Waals surface area contributed by atoms with Crippen molar-refractivity contribution in [2.24, 2.45) is 0 Å². The molecule has 0 saturated carbocycles. The highest BCUT2D eigenvalue weighted by molar-refractivity contribution is 5.96. The molecule has 1 amide bonds. The van der Waals surface area contributed by atoms with Gasteiger partial charge in [0.1, 0.15) is 18.2 Å². The smallest absolute Gasteiger partial charge is 0.326 e. The molecule has 1 atom stereocenters. The molecule has 150 valence electrons. The van der Waals surface area contributed by atoms with Crippen LogP contribution in [-0.4, -0.2) is 34.1 Å². The highest BCUT2D eigenvalue weighted by Crippen LogP contribution is 2.33. The SMILES string of the molecule is CC(C)OC(=O)Cn1c(C2CC(=O)N(c3ccc(F)cc3)C2)nc2ccccc21. The van der Waals surface area contributed by atoms with Crippen LogP contribution in [0, 0.1) is 5.82 Å². The Labute approximate surface area is 167 Å². The van der Waals surface area contributed by atoms with Crippen LogP contribution in [0.3, 0.4) is 0 Å². The van der Waals surface area contributed by atoms with E-state index in [0.717, 1.165) is 11.0 Å². The quantitative estimate of drug-likeness (QED) is 0.619. The van der Waals surface area contributed by atoms with Crippen molar-refractivity contribution in [2.45, 2.75) is 38.8 Å². The maximum atomic E-state index is 13.2. The first-order valence-corrected chi connectivity index (χ1v) is 9.63. The fraction of sp³-hybridized carbons (Fsp3) is 0.318. The molecular weight excluding hydrogens is 373 g/mol. The Morgan fingerprint density at radius 3 is 2.66 bits per heavy atom. The van der Waals surface area contributed by atoms with Crippen molar-refractivity contribution in [3.8, 4) is 0 Å². The highest BCUT2D eigenvalue weighted by atomic mass is 19.1. The average Bonchev–Trinajstić information content (AvgIpc) is 3.23. The minimum atomic E-state index is -0.345. The summed E-state index contributed by atoms with van der Waals surface area (Å²) in [5.41, 5.74) is 2.25. The number of para-hydroxylation sites is 2. The van der Waals surface area contributed by atoms with E-state index in [0.29, 0.717) is 18.1 Å². The Bertz CT molecular complexity index is 1060. The number of hydrogen-bond acceptors (Lipinski definition) is 4. The fourth-order valence-electron chi connectivity index (χ4n) is 3.75. The van der Waals surface area contributed by atoms with Gasteiger partial charge in [-0.1, -0.05) is 12.1 Å². The van der Waals surface area contributed by atoms with Crippen LogP contribution in [0.1, 0.15) is 32.0 Å². The van der Waals surface area contributed by atoms with Crippen LogP contribution in [0.4, 0.5) is 10.1 Å². The van der Waals surface area contributed by atoms with Gasteiger partial charge < -0.3 is 14.2 Å². The molecule has 0 spiro atoms. The second kappa shape index (κ2) is 7.66. The Morgan fingerprint density at radius 2 is 1.93 bits per heavy atom. The maximum Gasteiger partial charge on any atom is 0.326 e. The summed E-state index contributed by atoms with van der Waals surface area (Å²) in [5.74, 6) is -0.229. The van der Waals surface area contributed by atoms with Crippen molar-refractivity contribution in [1.82, 2.24) is 9.55 Å². The fourth-order valence-corrected chi connectivity index (χ4v) is 3.75. The van der Waals surface area contributed by atoms with E-state index in [1.807, 2.05) is 28.8 Å². The zero-order chi connectivity index (χ0) is 20.5. The number of fused-ring (bicyclic) bond motifs is 1. The topological polar surface area (TPSA) is 64.4 Å². The van der Waals surface area contributed by atoms with Gasteiger partial charge in [-0.15, -0.1) is 0 Å². The number of ether oxygens (including phenoxy) is 1. The third-order valence-corrected chi connectivity index (χ3v) is 4.97. The molecule has 7 heteroatoms. The molecule has 6 nitrogen and oxygen atoms in total. The van der Waals surface area contributed by atoms with Crippen LogP contribution in [0.15, 0.2) is 48.5 Å². The normalized spacial score (nSPS) is 16.8. The van der Waals surface area contributed by atoms with Crippen LogP contribution in [0.2, 0.25) is 0 Å². The molecule has 1 aromatic heterocycles. The second-order valence-corrected chi connectivity index (χ2v) is 7.47. The summed E-state index contributed by atoms with van der Waals surface area (Å²) in [7, 11) is 0. The summed E-state index contributed by atoms with van der Waals surface area (Å²) in [6.45, 7) is 4.07. The molecule has 1 saturated heterocycles. The van der Waals surface area contributed by atoms with Crippen LogP contribution in [0.5, 0.6) is 0 Å². The van der Waals surface area contributed by atoms with Crippen LogP contribution < -0.4 is 4.90 Å². The lowest BCUT2D eigenvalue weighted by Gasteiger charge is -2.17. The third kappa shape index (κ3) is 3.85. The molecule has 4 rings (SSSR count). The standard InChI is InChI=1S/C22H22FN3O3/c1-14(2)29-21(28)13-26-19-6-4-3-5-18(19)24-22(26)15-11-20(27)25(12-15)17-9-7-16(23)8-10-17/h3-10,14-15H,11-13H2,1-2H3. The second-order valence-electron chi connectivity index (χ2n) is 7.47. The Balaban J connectivity index is 1.66. The lowest BCUT2D eigenvalue weighted by Crippen LogP contribution is -2.25. The summed E-state index contributed by atoms with van der Waals surface area (Å²) in [5, 5.41) is 0. The first kappa shape index (κ1) is 19.1. The van der Waals surface area contributed by atoms with Crippen LogP contribution in [0.25, 0.3) is 11.0 Å². The number of hydrogen-bond donors (Lipinski definition) is 0. The van der Waals surface area contributed by atoms with Crippen molar-refractivity contribution in [3.63, 3.8) is 0 Å². The number of nitrogens with zero attached hydrogens (tertiary/aromatic N) is 3. The molecule has 2 aromatic carbocycles. The number of carbonyl (C=O) groups is 2. The van der Waals surface area contributed by atoms with E-state index in [4.69, 9.17) is 9.72 Å². The average molecular weight is 395 g/mol. The molecule has 1 aliphatic rings. The predicted molar refractivity (Wildman–Crippen MR) is 107 cm³/mol. The molecule has 1 unspecified atom stereocenters. The zero-order valence-corrected chi connectivity index (χ0v) is 16.3. The van der Waals surface area contributed by atoms with E-state index in [-0.39, 0.29) is 42.7 Å². The van der Waals surface area contributed by atoms with E-state index in [9.17, 15) is 14.0 Å². The summed E-state index contributed by atoms with van der Waals surface area (Å²) >= 11 is 0. The number of carbonyl (C=O) groups excluding carboxylic acids is 2. The molecule has 0 N–H and O–H groups in total. The number of anilines is 1. The lowest BCUT2D eigenvalue weighted by molar-refractivity contribution is -0.148. The van der Waals surface area contributed by atoms with E-state index in [2.05, 4.69) is 0 Å². The third-order valence-electron chi connectivity index (χ3n) is 4.97. The van der Waals surface area contributed by atoms with E-state index in [1.165, 1.54) is 12.1 Å². The Kier molecular flexibility index (Phi) is 5.05. The number of esters is 1. The zero-order valence-electron chi connectivity index (χ0n) is 16.3. The minimum absolute atomic E-state index is 0.0370. The molecule has 1 fully saturated rings. The van der Waals surface area contributed by atoms with Gasteiger partial charge in [0, 0.05) is 24.6 Å². The van der Waals surface area contributed by atoms with Gasteiger partial charge in [-0.05, 0) is 50.2 Å². The number of aromatic nitrogens is 2. The van der Waals surface area contributed by atoms with Gasteiger partial charge in [0.2, 0.25) is 5.91 Å². The van der Waals surface area contributed by atoms with Gasteiger partial charge in [0.15, 0.2) is 0 Å². The van der Waals surface area contributed by atoms with Gasteiger partial charge in [0.05, 0.1) is 17.1 Å². The lowest BCUT2D eigenvalue weighted by atomic mass is 10.1. The maximum absolute atomic E-state index is 13.2. The predicted octanol–water partition coefficient (Wildman–Crippen LogP) is 3.65. The molecule has 2 heterocycles. The van der Waals surface area contributed by atoms with Gasteiger partial charge in [-0.3, -0.25) is 9.59 Å². The summed E-state index contributed by atoms with van der Waals surface area (Å²) in [6.07, 6.45) is 0.0719. The Hall–Kier alpha value is -3.22. The summed E-state index contributed by atoms with van der Waals surface area (Å²) in [6, 6.07) is 13.4. The number of rotatable bonds is 5. The first-order valence-electron chi connectivity index (χ1n) is 9.63. The van der Waals surface area contributed by atoms with Crippen molar-refractivity contribution in [1.29, 1.82) is 0 Å². The number of benzene rings is 2.